The molecule has 1 aliphatic heterocycles. The quantitative estimate of drug-likeness (QED) is 0.631. The molecule has 3 N–H and O–H groups in total. The number of hydrogen-bond acceptors (Lipinski definition) is 6. The lowest BCUT2D eigenvalue weighted by Gasteiger charge is -2.34. The Hall–Kier alpha value is -1.47. The molecule has 2 unspecified atom stereocenters. The maximum absolute atomic E-state index is 12.1. The fourth-order valence-corrected chi connectivity index (χ4v) is 1.96. The molecule has 1 fully saturated rings. The highest BCUT2D eigenvalue weighted by Gasteiger charge is 2.41. The summed E-state index contributed by atoms with van der Waals surface area (Å²) in [6.45, 7) is -0.190. The Morgan fingerprint density at radius 3 is 2.42 bits per heavy atom. The first-order valence-electron chi connectivity index (χ1n) is 5.88. The molecule has 1 saturated heterocycles. The maximum Gasteiger partial charge on any atom is 0.194 e. The highest BCUT2D eigenvalue weighted by molar-refractivity contribution is 6.00. The lowest BCUT2D eigenvalue weighted by Crippen LogP contribution is -2.55. The number of hydrogen-bond donors (Lipinski definition) is 3. The van der Waals surface area contributed by atoms with E-state index in [0.717, 1.165) is 0 Å². The molecule has 6 heteroatoms. The second-order valence-corrected chi connectivity index (χ2v) is 4.40. The summed E-state index contributed by atoms with van der Waals surface area (Å²) < 4.78 is 10.1. The normalized spacial score (nSPS) is 30.9. The van der Waals surface area contributed by atoms with Crippen molar-refractivity contribution in [1.82, 2.24) is 0 Å². The van der Waals surface area contributed by atoms with Gasteiger partial charge in [-0.2, -0.15) is 0 Å². The lowest BCUT2D eigenvalue weighted by atomic mass is 9.94. The largest absolute Gasteiger partial charge is 0.497 e. The van der Waals surface area contributed by atoms with Crippen LogP contribution in [0.1, 0.15) is 10.4 Å². The van der Waals surface area contributed by atoms with Crippen molar-refractivity contribution in [3.05, 3.63) is 29.8 Å². The van der Waals surface area contributed by atoms with Gasteiger partial charge in [-0.15, -0.1) is 0 Å². The van der Waals surface area contributed by atoms with Gasteiger partial charge in [-0.3, -0.25) is 4.79 Å². The van der Waals surface area contributed by atoms with Gasteiger partial charge in [0.25, 0.3) is 0 Å². The minimum Gasteiger partial charge on any atom is -0.497 e. The van der Waals surface area contributed by atoms with Crippen LogP contribution in [0.5, 0.6) is 5.75 Å². The average molecular weight is 268 g/mol. The van der Waals surface area contributed by atoms with E-state index in [1.807, 2.05) is 0 Å². The minimum absolute atomic E-state index is 0.190. The van der Waals surface area contributed by atoms with Crippen molar-refractivity contribution < 1.29 is 29.6 Å². The molecule has 19 heavy (non-hydrogen) atoms. The van der Waals surface area contributed by atoms with Gasteiger partial charge in [0.15, 0.2) is 5.78 Å². The fourth-order valence-electron chi connectivity index (χ4n) is 1.96. The van der Waals surface area contributed by atoms with Gasteiger partial charge in [0.2, 0.25) is 0 Å². The first-order chi connectivity index (χ1) is 9.04. The van der Waals surface area contributed by atoms with Gasteiger partial charge in [0.05, 0.1) is 13.7 Å². The van der Waals surface area contributed by atoms with E-state index in [2.05, 4.69) is 0 Å². The smallest absolute Gasteiger partial charge is 0.194 e. The molecule has 0 radical (unpaired) electrons. The van der Waals surface area contributed by atoms with Gasteiger partial charge in [-0.05, 0) is 24.3 Å². The molecule has 0 aromatic heterocycles. The Morgan fingerprint density at radius 2 is 1.84 bits per heavy atom. The summed E-state index contributed by atoms with van der Waals surface area (Å²) in [7, 11) is 1.52. The molecular weight excluding hydrogens is 252 g/mol. The maximum atomic E-state index is 12.1. The van der Waals surface area contributed by atoms with Crippen molar-refractivity contribution in [2.75, 3.05) is 13.7 Å². The van der Waals surface area contributed by atoms with Crippen molar-refractivity contribution in [2.45, 2.75) is 24.4 Å². The van der Waals surface area contributed by atoms with E-state index in [0.29, 0.717) is 11.3 Å². The van der Waals surface area contributed by atoms with Crippen LogP contribution in [-0.2, 0) is 4.74 Å². The number of carbonyl (C=O) groups excluding carboxylic acids is 1. The predicted molar refractivity (Wildman–Crippen MR) is 65.1 cm³/mol. The van der Waals surface area contributed by atoms with Crippen LogP contribution >= 0.6 is 0 Å². The summed E-state index contributed by atoms with van der Waals surface area (Å²) in [4.78, 5) is 12.1. The summed E-state index contributed by atoms with van der Waals surface area (Å²) in [5.41, 5.74) is 0.341. The molecule has 4 atom stereocenters. The zero-order valence-electron chi connectivity index (χ0n) is 10.4. The molecule has 104 valence electrons. The van der Waals surface area contributed by atoms with E-state index in [9.17, 15) is 20.1 Å². The number of aliphatic hydroxyl groups excluding tert-OH is 3. The van der Waals surface area contributed by atoms with Crippen LogP contribution in [0.2, 0.25) is 0 Å². The molecule has 0 bridgehead atoms. The first kappa shape index (κ1) is 14.0. The standard InChI is InChI=1S/C13H16O6/c1-18-8-4-2-7(3-5-8)10(15)13-12(17)11(16)9(14)6-19-13/h2-5,9,11-14,16-17H,6H2,1H3/t9-,11?,12?,13+/m1/s1. The predicted octanol–water partition coefficient (Wildman–Crippen LogP) is -0.641. The van der Waals surface area contributed by atoms with Crippen molar-refractivity contribution in [1.29, 1.82) is 0 Å². The number of Topliss-reactive ketones (excluding diaryl/α,β-unsaturated/α-hetero) is 1. The zero-order chi connectivity index (χ0) is 14.0. The fraction of sp³-hybridized carbons (Fsp3) is 0.462. The number of ether oxygens (including phenoxy) is 2. The van der Waals surface area contributed by atoms with Crippen LogP contribution in [-0.4, -0.2) is 59.2 Å². The van der Waals surface area contributed by atoms with Gasteiger partial charge in [-0.1, -0.05) is 0 Å². The van der Waals surface area contributed by atoms with Gasteiger partial charge in [0.1, 0.15) is 30.2 Å². The molecule has 0 aliphatic carbocycles. The Labute approximate surface area is 110 Å². The van der Waals surface area contributed by atoms with Crippen LogP contribution in [0.25, 0.3) is 0 Å². The molecule has 1 aromatic rings. The third-order valence-corrected chi connectivity index (χ3v) is 3.13. The van der Waals surface area contributed by atoms with Crippen LogP contribution in [0.3, 0.4) is 0 Å². The molecular formula is C13H16O6. The molecule has 6 nitrogen and oxygen atoms in total. The molecule has 1 aliphatic rings. The SMILES string of the molecule is COc1ccc(C(=O)[C@@H]2OC[C@@H](O)C(O)C2O)cc1. The number of ketones is 1. The number of aliphatic hydroxyl groups is 3. The van der Waals surface area contributed by atoms with Crippen LogP contribution in [0.15, 0.2) is 24.3 Å². The van der Waals surface area contributed by atoms with E-state index in [1.165, 1.54) is 7.11 Å². The van der Waals surface area contributed by atoms with Crippen molar-refractivity contribution in [2.24, 2.45) is 0 Å². The van der Waals surface area contributed by atoms with E-state index < -0.39 is 30.2 Å². The van der Waals surface area contributed by atoms with E-state index in [4.69, 9.17) is 9.47 Å². The molecule has 0 spiro atoms. The zero-order valence-corrected chi connectivity index (χ0v) is 10.4. The number of rotatable bonds is 3. The summed E-state index contributed by atoms with van der Waals surface area (Å²) >= 11 is 0. The summed E-state index contributed by atoms with van der Waals surface area (Å²) in [6, 6.07) is 6.34. The van der Waals surface area contributed by atoms with Crippen LogP contribution < -0.4 is 4.74 Å². The first-order valence-corrected chi connectivity index (χ1v) is 5.88. The van der Waals surface area contributed by atoms with Crippen molar-refractivity contribution >= 4 is 5.78 Å². The Kier molecular flexibility index (Phi) is 4.16. The van der Waals surface area contributed by atoms with Crippen LogP contribution in [0.4, 0.5) is 0 Å². The molecule has 0 saturated carbocycles. The third-order valence-electron chi connectivity index (χ3n) is 3.13. The average Bonchev–Trinajstić information content (AvgIpc) is 2.44. The van der Waals surface area contributed by atoms with Crippen LogP contribution in [0, 0.1) is 0 Å². The Balaban J connectivity index is 2.14. The van der Waals surface area contributed by atoms with Gasteiger partial charge >= 0.3 is 0 Å². The van der Waals surface area contributed by atoms with E-state index in [1.54, 1.807) is 24.3 Å². The Bertz CT molecular complexity index is 443. The second-order valence-electron chi connectivity index (χ2n) is 4.40. The second kappa shape index (κ2) is 5.66. The number of carbonyl (C=O) groups is 1. The van der Waals surface area contributed by atoms with E-state index >= 15 is 0 Å². The van der Waals surface area contributed by atoms with Gasteiger partial charge in [-0.25, -0.2) is 0 Å². The topological polar surface area (TPSA) is 96.2 Å². The highest BCUT2D eigenvalue weighted by atomic mass is 16.5. The van der Waals surface area contributed by atoms with Crippen molar-refractivity contribution in [3.8, 4) is 5.75 Å². The molecule has 1 heterocycles. The van der Waals surface area contributed by atoms with E-state index in [-0.39, 0.29) is 6.61 Å². The molecule has 2 rings (SSSR count). The third kappa shape index (κ3) is 2.76. The molecule has 1 aromatic carbocycles. The summed E-state index contributed by atoms with van der Waals surface area (Å²) in [6.07, 6.45) is -5.19. The summed E-state index contributed by atoms with van der Waals surface area (Å²) in [5, 5.41) is 28.6. The van der Waals surface area contributed by atoms with Gasteiger partial charge in [0, 0.05) is 5.56 Å². The van der Waals surface area contributed by atoms with Crippen molar-refractivity contribution in [3.63, 3.8) is 0 Å². The number of methoxy groups -OCH3 is 1. The summed E-state index contributed by atoms with van der Waals surface area (Å²) in [5.74, 6) is 0.165. The monoisotopic (exact) mass is 268 g/mol. The molecule has 0 amide bonds. The highest BCUT2D eigenvalue weighted by Crippen LogP contribution is 2.20. The minimum atomic E-state index is -1.45. The van der Waals surface area contributed by atoms with Gasteiger partial charge < -0.3 is 24.8 Å². The Morgan fingerprint density at radius 1 is 1.21 bits per heavy atom. The lowest BCUT2D eigenvalue weighted by molar-refractivity contribution is -0.172. The number of benzene rings is 1.